The number of fused-ring (bicyclic) bond motifs is 3. The molecule has 1 saturated heterocycles. The third-order valence-electron chi connectivity index (χ3n) is 6.05. The second kappa shape index (κ2) is 7.85. The largest absolute Gasteiger partial charge is 0.368 e. The van der Waals surface area contributed by atoms with Crippen molar-refractivity contribution in [3.05, 3.63) is 35.4 Å². The van der Waals surface area contributed by atoms with E-state index in [0.717, 1.165) is 49.8 Å². The van der Waals surface area contributed by atoms with Crippen molar-refractivity contribution >= 4 is 11.8 Å². The second-order valence-corrected chi connectivity index (χ2v) is 8.27. The van der Waals surface area contributed by atoms with Gasteiger partial charge in [0.15, 0.2) is 0 Å². The van der Waals surface area contributed by atoms with Gasteiger partial charge < -0.3 is 15.5 Å². The summed E-state index contributed by atoms with van der Waals surface area (Å²) in [5.74, 6) is 2.30. The molecule has 1 aliphatic heterocycles. The fraction of sp³-hybridized carbons (Fsp3) is 0.545. The van der Waals surface area contributed by atoms with Gasteiger partial charge in [0.05, 0.1) is 5.69 Å². The van der Waals surface area contributed by atoms with E-state index in [0.29, 0.717) is 5.95 Å². The highest BCUT2D eigenvalue weighted by molar-refractivity contribution is 5.74. The minimum atomic E-state index is 0.398. The Bertz CT molecular complexity index is 793. The molecule has 0 saturated carbocycles. The number of aryl methyl sites for hydroxylation is 1. The zero-order valence-corrected chi connectivity index (χ0v) is 16.6. The molecule has 27 heavy (non-hydrogen) atoms. The third kappa shape index (κ3) is 3.93. The van der Waals surface area contributed by atoms with Crippen LogP contribution in [-0.4, -0.2) is 48.6 Å². The second-order valence-electron chi connectivity index (χ2n) is 8.27. The number of hydrogen-bond acceptors (Lipinski definition) is 5. The summed E-state index contributed by atoms with van der Waals surface area (Å²) >= 11 is 0. The maximum absolute atomic E-state index is 6.15. The SMILES string of the molecule is CN(C)CCC1CCN(c2nc(N)nc3c2CCCc2ccccc2-3)CC1. The van der Waals surface area contributed by atoms with Gasteiger partial charge in [-0.1, -0.05) is 24.3 Å². The Morgan fingerprint density at radius 1 is 1.11 bits per heavy atom. The first kappa shape index (κ1) is 18.2. The van der Waals surface area contributed by atoms with Crippen LogP contribution in [0.1, 0.15) is 36.8 Å². The molecule has 0 radical (unpaired) electrons. The lowest BCUT2D eigenvalue weighted by Gasteiger charge is -2.34. The summed E-state index contributed by atoms with van der Waals surface area (Å²) in [7, 11) is 4.32. The minimum absolute atomic E-state index is 0.398. The number of rotatable bonds is 4. The molecule has 2 aromatic rings. The molecular formula is C22H31N5. The van der Waals surface area contributed by atoms with Gasteiger partial charge in [0, 0.05) is 24.2 Å². The molecule has 2 heterocycles. The number of nitrogens with zero attached hydrogens (tertiary/aromatic N) is 4. The number of aromatic nitrogens is 2. The molecule has 2 aliphatic rings. The number of nitrogen functional groups attached to an aromatic ring is 1. The average molecular weight is 366 g/mol. The van der Waals surface area contributed by atoms with Gasteiger partial charge in [-0.05, 0) is 70.6 Å². The quantitative estimate of drug-likeness (QED) is 0.900. The summed E-state index contributed by atoms with van der Waals surface area (Å²) < 4.78 is 0. The highest BCUT2D eigenvalue weighted by atomic mass is 15.2. The van der Waals surface area contributed by atoms with Crippen LogP contribution in [0.2, 0.25) is 0 Å². The van der Waals surface area contributed by atoms with Crippen molar-refractivity contribution in [1.29, 1.82) is 0 Å². The van der Waals surface area contributed by atoms with Crippen LogP contribution in [0.25, 0.3) is 11.3 Å². The van der Waals surface area contributed by atoms with Gasteiger partial charge in [-0.15, -0.1) is 0 Å². The number of hydrogen-bond donors (Lipinski definition) is 1. The van der Waals surface area contributed by atoms with Crippen LogP contribution < -0.4 is 10.6 Å². The first-order valence-corrected chi connectivity index (χ1v) is 10.3. The first-order valence-electron chi connectivity index (χ1n) is 10.3. The zero-order chi connectivity index (χ0) is 18.8. The van der Waals surface area contributed by atoms with Gasteiger partial charge in [-0.3, -0.25) is 0 Å². The highest BCUT2D eigenvalue weighted by Gasteiger charge is 2.26. The van der Waals surface area contributed by atoms with E-state index >= 15 is 0 Å². The highest BCUT2D eigenvalue weighted by Crippen LogP contribution is 2.37. The Hall–Kier alpha value is -2.14. The smallest absolute Gasteiger partial charge is 0.222 e. The van der Waals surface area contributed by atoms with E-state index in [1.807, 2.05) is 0 Å². The molecule has 0 atom stereocenters. The fourth-order valence-corrected chi connectivity index (χ4v) is 4.50. The summed E-state index contributed by atoms with van der Waals surface area (Å²) in [5, 5.41) is 0. The molecule has 0 unspecified atom stereocenters. The van der Waals surface area contributed by atoms with Gasteiger partial charge in [-0.2, -0.15) is 4.98 Å². The van der Waals surface area contributed by atoms with E-state index < -0.39 is 0 Å². The average Bonchev–Trinajstić information content (AvgIpc) is 2.86. The molecule has 1 aromatic heterocycles. The molecule has 5 heteroatoms. The van der Waals surface area contributed by atoms with Crippen molar-refractivity contribution in [3.8, 4) is 11.3 Å². The molecular weight excluding hydrogens is 334 g/mol. The molecule has 1 aliphatic carbocycles. The van der Waals surface area contributed by atoms with E-state index in [9.17, 15) is 0 Å². The molecule has 1 fully saturated rings. The van der Waals surface area contributed by atoms with Gasteiger partial charge >= 0.3 is 0 Å². The van der Waals surface area contributed by atoms with Crippen LogP contribution in [0.4, 0.5) is 11.8 Å². The molecule has 4 rings (SSSR count). The Morgan fingerprint density at radius 2 is 1.89 bits per heavy atom. The number of benzene rings is 1. The molecule has 2 N–H and O–H groups in total. The summed E-state index contributed by atoms with van der Waals surface area (Å²) in [5.41, 5.74) is 11.1. The summed E-state index contributed by atoms with van der Waals surface area (Å²) in [4.78, 5) is 14.1. The van der Waals surface area contributed by atoms with E-state index in [-0.39, 0.29) is 0 Å². The molecule has 0 spiro atoms. The van der Waals surface area contributed by atoms with Gasteiger partial charge in [-0.25, -0.2) is 4.98 Å². The number of nitrogens with two attached hydrogens (primary N) is 1. The minimum Gasteiger partial charge on any atom is -0.368 e. The van der Waals surface area contributed by atoms with Crippen LogP contribution in [0.5, 0.6) is 0 Å². The van der Waals surface area contributed by atoms with Crippen LogP contribution in [0.3, 0.4) is 0 Å². The van der Waals surface area contributed by atoms with E-state index in [2.05, 4.69) is 53.1 Å². The van der Waals surface area contributed by atoms with E-state index in [4.69, 9.17) is 10.7 Å². The van der Waals surface area contributed by atoms with Crippen LogP contribution >= 0.6 is 0 Å². The van der Waals surface area contributed by atoms with Crippen molar-refractivity contribution in [2.24, 2.45) is 5.92 Å². The fourth-order valence-electron chi connectivity index (χ4n) is 4.50. The van der Waals surface area contributed by atoms with Crippen LogP contribution in [0.15, 0.2) is 24.3 Å². The molecule has 5 nitrogen and oxygen atoms in total. The van der Waals surface area contributed by atoms with Crippen molar-refractivity contribution in [3.63, 3.8) is 0 Å². The first-order chi connectivity index (χ1) is 13.1. The summed E-state index contributed by atoms with van der Waals surface area (Å²) in [6, 6.07) is 8.62. The van der Waals surface area contributed by atoms with Gasteiger partial charge in [0.25, 0.3) is 0 Å². The van der Waals surface area contributed by atoms with Crippen molar-refractivity contribution in [1.82, 2.24) is 14.9 Å². The maximum Gasteiger partial charge on any atom is 0.222 e. The van der Waals surface area contributed by atoms with Crippen molar-refractivity contribution in [2.45, 2.75) is 38.5 Å². The summed E-state index contributed by atoms with van der Waals surface area (Å²) in [6.45, 7) is 3.32. The van der Waals surface area contributed by atoms with Gasteiger partial charge in [0.2, 0.25) is 5.95 Å². The predicted octanol–water partition coefficient (Wildman–Crippen LogP) is 3.38. The Morgan fingerprint density at radius 3 is 2.67 bits per heavy atom. The molecule has 1 aromatic carbocycles. The lowest BCUT2D eigenvalue weighted by molar-refractivity contribution is 0.313. The third-order valence-corrected chi connectivity index (χ3v) is 6.05. The van der Waals surface area contributed by atoms with Crippen molar-refractivity contribution < 1.29 is 0 Å². The number of anilines is 2. The summed E-state index contributed by atoms with van der Waals surface area (Å²) in [6.07, 6.45) is 7.03. The molecule has 0 bridgehead atoms. The maximum atomic E-state index is 6.15. The van der Waals surface area contributed by atoms with Crippen LogP contribution in [-0.2, 0) is 12.8 Å². The number of piperidine rings is 1. The Kier molecular flexibility index (Phi) is 5.30. The lowest BCUT2D eigenvalue weighted by atomic mass is 9.93. The van der Waals surface area contributed by atoms with E-state index in [1.165, 1.54) is 42.5 Å². The Balaban J connectivity index is 1.60. The lowest BCUT2D eigenvalue weighted by Crippen LogP contribution is -2.36. The monoisotopic (exact) mass is 365 g/mol. The topological polar surface area (TPSA) is 58.3 Å². The zero-order valence-electron chi connectivity index (χ0n) is 16.6. The van der Waals surface area contributed by atoms with Gasteiger partial charge in [0.1, 0.15) is 5.82 Å². The predicted molar refractivity (Wildman–Crippen MR) is 112 cm³/mol. The van der Waals surface area contributed by atoms with E-state index in [1.54, 1.807) is 0 Å². The molecule has 144 valence electrons. The standard InChI is InChI=1S/C22H31N5/c1-26(2)13-10-16-11-14-27(15-12-16)21-19-9-5-7-17-6-3-4-8-18(17)20(19)24-22(23)25-21/h3-4,6,8,16H,5,7,9-15H2,1-2H3,(H2,23,24,25). The van der Waals surface area contributed by atoms with Crippen LogP contribution in [0, 0.1) is 5.92 Å². The molecule has 0 amide bonds. The van der Waals surface area contributed by atoms with Crippen molar-refractivity contribution in [2.75, 3.05) is 44.4 Å². The Labute approximate surface area is 162 Å². The normalized spacial score (nSPS) is 17.5.